The Kier molecular flexibility index (Phi) is 2.51. The molecule has 0 saturated carbocycles. The van der Waals surface area contributed by atoms with Crippen LogP contribution in [0.15, 0.2) is 21.4 Å². The second kappa shape index (κ2) is 3.62. The summed E-state index contributed by atoms with van der Waals surface area (Å²) in [4.78, 5) is 0. The number of piperidine rings is 1. The molecular formula is C9H12BrNO. The first-order chi connectivity index (χ1) is 5.88. The highest BCUT2D eigenvalue weighted by atomic mass is 79.9. The molecule has 1 aliphatic rings. The summed E-state index contributed by atoms with van der Waals surface area (Å²) < 4.78 is 6.13. The Hall–Kier alpha value is -0.280. The Bertz CT molecular complexity index is 253. The maximum absolute atomic E-state index is 5.21. The van der Waals surface area contributed by atoms with Gasteiger partial charge < -0.3 is 9.73 Å². The second-order valence-corrected chi connectivity index (χ2v) is 3.89. The Labute approximate surface area is 80.5 Å². The van der Waals surface area contributed by atoms with Crippen LogP contribution in [0.4, 0.5) is 0 Å². The van der Waals surface area contributed by atoms with E-state index in [9.17, 15) is 0 Å². The van der Waals surface area contributed by atoms with Crippen molar-refractivity contribution in [3.8, 4) is 0 Å². The molecule has 0 aliphatic carbocycles. The molecule has 1 N–H and O–H groups in total. The van der Waals surface area contributed by atoms with Gasteiger partial charge in [0.1, 0.15) is 0 Å². The summed E-state index contributed by atoms with van der Waals surface area (Å²) in [7, 11) is 0. The van der Waals surface area contributed by atoms with Crippen molar-refractivity contribution in [2.45, 2.75) is 18.8 Å². The number of hydrogen-bond acceptors (Lipinski definition) is 2. The summed E-state index contributed by atoms with van der Waals surface area (Å²) >= 11 is 3.41. The fraction of sp³-hybridized carbons (Fsp3) is 0.556. The summed E-state index contributed by atoms with van der Waals surface area (Å²) in [6.07, 6.45) is 4.19. The first-order valence-electron chi connectivity index (χ1n) is 4.31. The lowest BCUT2D eigenvalue weighted by Gasteiger charge is -2.21. The van der Waals surface area contributed by atoms with Gasteiger partial charge in [0.15, 0.2) is 4.67 Å². The first kappa shape index (κ1) is 8.32. The van der Waals surface area contributed by atoms with E-state index in [1.54, 1.807) is 6.26 Å². The van der Waals surface area contributed by atoms with Gasteiger partial charge in [0.25, 0.3) is 0 Å². The molecule has 0 unspecified atom stereocenters. The van der Waals surface area contributed by atoms with Gasteiger partial charge in [-0.25, -0.2) is 0 Å². The monoisotopic (exact) mass is 229 g/mol. The highest BCUT2D eigenvalue weighted by molar-refractivity contribution is 9.10. The van der Waals surface area contributed by atoms with Crippen LogP contribution in [0.3, 0.4) is 0 Å². The van der Waals surface area contributed by atoms with Gasteiger partial charge in [0.05, 0.1) is 6.26 Å². The third-order valence-electron chi connectivity index (χ3n) is 2.43. The van der Waals surface area contributed by atoms with Crippen LogP contribution in [0.5, 0.6) is 0 Å². The minimum Gasteiger partial charge on any atom is -0.457 e. The predicted octanol–water partition coefficient (Wildman–Crippen LogP) is 2.51. The van der Waals surface area contributed by atoms with Crippen LogP contribution in [0.2, 0.25) is 0 Å². The largest absolute Gasteiger partial charge is 0.457 e. The minimum absolute atomic E-state index is 0.680. The number of nitrogens with one attached hydrogen (secondary N) is 1. The first-order valence-corrected chi connectivity index (χ1v) is 5.11. The molecule has 1 aromatic heterocycles. The van der Waals surface area contributed by atoms with Crippen LogP contribution in [-0.2, 0) is 0 Å². The Morgan fingerprint density at radius 1 is 1.42 bits per heavy atom. The van der Waals surface area contributed by atoms with Gasteiger partial charge in [0.2, 0.25) is 0 Å². The third-order valence-corrected chi connectivity index (χ3v) is 3.07. The van der Waals surface area contributed by atoms with Gasteiger partial charge in [-0.2, -0.15) is 0 Å². The molecule has 0 amide bonds. The van der Waals surface area contributed by atoms with Gasteiger partial charge in [-0.1, -0.05) is 0 Å². The molecule has 0 bridgehead atoms. The van der Waals surface area contributed by atoms with Crippen LogP contribution in [0.1, 0.15) is 24.3 Å². The van der Waals surface area contributed by atoms with Crippen molar-refractivity contribution in [2.24, 2.45) is 0 Å². The molecule has 1 saturated heterocycles. The van der Waals surface area contributed by atoms with Crippen LogP contribution in [-0.4, -0.2) is 13.1 Å². The Morgan fingerprint density at radius 2 is 2.17 bits per heavy atom. The number of halogens is 1. The van der Waals surface area contributed by atoms with Crippen molar-refractivity contribution in [3.63, 3.8) is 0 Å². The summed E-state index contributed by atoms with van der Waals surface area (Å²) in [5.41, 5.74) is 1.33. The molecule has 0 spiro atoms. The van der Waals surface area contributed by atoms with Gasteiger partial charge >= 0.3 is 0 Å². The average Bonchev–Trinajstić information content (AvgIpc) is 2.53. The standard InChI is InChI=1S/C9H12BrNO/c10-9-8(3-6-12-9)7-1-4-11-5-2-7/h3,6-7,11H,1-2,4-5H2. The Morgan fingerprint density at radius 3 is 2.75 bits per heavy atom. The molecule has 1 aromatic rings. The third kappa shape index (κ3) is 1.57. The van der Waals surface area contributed by atoms with Crippen LogP contribution in [0.25, 0.3) is 0 Å². The van der Waals surface area contributed by atoms with Crippen molar-refractivity contribution in [3.05, 3.63) is 22.6 Å². The summed E-state index contributed by atoms with van der Waals surface area (Å²) in [6.45, 7) is 2.25. The molecular weight excluding hydrogens is 218 g/mol. The molecule has 66 valence electrons. The lowest BCUT2D eigenvalue weighted by molar-refractivity contribution is 0.450. The molecule has 2 rings (SSSR count). The SMILES string of the molecule is Brc1occc1C1CCNCC1. The summed E-state index contributed by atoms with van der Waals surface area (Å²) in [5, 5.41) is 3.35. The van der Waals surface area contributed by atoms with Crippen LogP contribution >= 0.6 is 15.9 Å². The normalized spacial score (nSPS) is 19.8. The van der Waals surface area contributed by atoms with E-state index in [1.807, 2.05) is 0 Å². The second-order valence-electron chi connectivity index (χ2n) is 3.17. The van der Waals surface area contributed by atoms with E-state index in [4.69, 9.17) is 4.42 Å². The predicted molar refractivity (Wildman–Crippen MR) is 51.3 cm³/mol. The van der Waals surface area contributed by atoms with Crippen molar-refractivity contribution >= 4 is 15.9 Å². The van der Waals surface area contributed by atoms with E-state index < -0.39 is 0 Å². The van der Waals surface area contributed by atoms with Crippen molar-refractivity contribution in [2.75, 3.05) is 13.1 Å². The van der Waals surface area contributed by atoms with E-state index >= 15 is 0 Å². The quantitative estimate of drug-likeness (QED) is 0.801. The maximum Gasteiger partial charge on any atom is 0.172 e. The van der Waals surface area contributed by atoms with E-state index in [2.05, 4.69) is 27.3 Å². The molecule has 12 heavy (non-hydrogen) atoms. The van der Waals surface area contributed by atoms with Gasteiger partial charge in [-0.3, -0.25) is 0 Å². The average molecular weight is 230 g/mol. The van der Waals surface area contributed by atoms with Crippen LogP contribution < -0.4 is 5.32 Å². The molecule has 2 heterocycles. The van der Waals surface area contributed by atoms with Crippen molar-refractivity contribution in [1.82, 2.24) is 5.32 Å². The van der Waals surface area contributed by atoms with E-state index in [0.29, 0.717) is 5.92 Å². The van der Waals surface area contributed by atoms with Gasteiger partial charge in [0, 0.05) is 5.56 Å². The maximum atomic E-state index is 5.21. The van der Waals surface area contributed by atoms with E-state index in [-0.39, 0.29) is 0 Å². The zero-order valence-electron chi connectivity index (χ0n) is 6.85. The van der Waals surface area contributed by atoms with Crippen molar-refractivity contribution < 1.29 is 4.42 Å². The molecule has 3 heteroatoms. The van der Waals surface area contributed by atoms with Crippen LogP contribution in [0, 0.1) is 0 Å². The smallest absolute Gasteiger partial charge is 0.172 e. The lowest BCUT2D eigenvalue weighted by Crippen LogP contribution is -2.26. The molecule has 1 fully saturated rings. The fourth-order valence-corrected chi connectivity index (χ4v) is 2.29. The van der Waals surface area contributed by atoms with Gasteiger partial charge in [-0.15, -0.1) is 0 Å². The van der Waals surface area contributed by atoms with E-state index in [0.717, 1.165) is 17.8 Å². The Balaban J connectivity index is 2.13. The summed E-state index contributed by atoms with van der Waals surface area (Å²) in [6, 6.07) is 2.07. The fourth-order valence-electron chi connectivity index (χ4n) is 1.73. The number of hydrogen-bond donors (Lipinski definition) is 1. The topological polar surface area (TPSA) is 25.2 Å². The lowest BCUT2D eigenvalue weighted by atomic mass is 9.92. The number of rotatable bonds is 1. The minimum atomic E-state index is 0.680. The van der Waals surface area contributed by atoms with E-state index in [1.165, 1.54) is 18.4 Å². The highest BCUT2D eigenvalue weighted by Crippen LogP contribution is 2.31. The van der Waals surface area contributed by atoms with Gasteiger partial charge in [-0.05, 0) is 53.8 Å². The number of furan rings is 1. The molecule has 0 radical (unpaired) electrons. The zero-order chi connectivity index (χ0) is 8.39. The van der Waals surface area contributed by atoms with Crippen molar-refractivity contribution in [1.29, 1.82) is 0 Å². The molecule has 0 atom stereocenters. The molecule has 0 aromatic carbocycles. The summed E-state index contributed by atoms with van der Waals surface area (Å²) in [5.74, 6) is 0.680. The molecule has 2 nitrogen and oxygen atoms in total. The highest BCUT2D eigenvalue weighted by Gasteiger charge is 2.18. The molecule has 1 aliphatic heterocycles. The zero-order valence-corrected chi connectivity index (χ0v) is 8.43.